The minimum Gasteiger partial charge on any atom is -0.493 e. The number of ether oxygens (including phenoxy) is 1. The molecule has 0 saturated heterocycles. The van der Waals surface area contributed by atoms with Crippen LogP contribution < -0.4 is 15.8 Å². The predicted molar refractivity (Wildman–Crippen MR) is 77.6 cm³/mol. The van der Waals surface area contributed by atoms with E-state index in [1.165, 1.54) is 12.8 Å². The summed E-state index contributed by atoms with van der Waals surface area (Å²) in [7, 11) is 0. The molecule has 0 radical (unpaired) electrons. The number of para-hydroxylation sites is 1. The lowest BCUT2D eigenvalue weighted by atomic mass is 9.90. The summed E-state index contributed by atoms with van der Waals surface area (Å²) in [5.41, 5.74) is 7.16. The number of carbonyl (C=O) groups is 1. The molecule has 4 heteroatoms. The smallest absolute Gasteiger partial charge is 0.220 e. The molecule has 3 rings (SSSR count). The Hall–Kier alpha value is -1.55. The number of hydrogen-bond acceptors (Lipinski definition) is 3. The Morgan fingerprint density at radius 3 is 2.95 bits per heavy atom. The summed E-state index contributed by atoms with van der Waals surface area (Å²) in [6, 6.07) is 8.13. The highest BCUT2D eigenvalue weighted by molar-refractivity contribution is 5.77. The van der Waals surface area contributed by atoms with E-state index in [0.29, 0.717) is 25.5 Å². The summed E-state index contributed by atoms with van der Waals surface area (Å²) in [6.45, 7) is 1.30. The molecule has 0 aromatic heterocycles. The van der Waals surface area contributed by atoms with E-state index >= 15 is 0 Å². The van der Waals surface area contributed by atoms with Crippen LogP contribution in [0.4, 0.5) is 0 Å². The number of benzene rings is 1. The van der Waals surface area contributed by atoms with E-state index in [1.54, 1.807) is 0 Å². The van der Waals surface area contributed by atoms with Gasteiger partial charge < -0.3 is 15.8 Å². The van der Waals surface area contributed by atoms with Crippen LogP contribution in [0.2, 0.25) is 0 Å². The molecule has 1 fully saturated rings. The topological polar surface area (TPSA) is 64.3 Å². The van der Waals surface area contributed by atoms with Crippen molar-refractivity contribution in [2.24, 2.45) is 11.7 Å². The van der Waals surface area contributed by atoms with Crippen LogP contribution in [0, 0.1) is 5.92 Å². The highest BCUT2D eigenvalue weighted by Crippen LogP contribution is 2.35. The molecule has 0 bridgehead atoms. The second-order valence-corrected chi connectivity index (χ2v) is 5.88. The number of nitrogens with one attached hydrogen (secondary N) is 1. The maximum absolute atomic E-state index is 12.1. The molecule has 1 amide bonds. The molecule has 20 heavy (non-hydrogen) atoms. The number of carbonyl (C=O) groups excluding carboxylic acids is 1. The second-order valence-electron chi connectivity index (χ2n) is 5.88. The van der Waals surface area contributed by atoms with Gasteiger partial charge in [0.05, 0.1) is 6.61 Å². The van der Waals surface area contributed by atoms with Gasteiger partial charge in [-0.1, -0.05) is 18.2 Å². The molecule has 2 atom stereocenters. The highest BCUT2D eigenvalue weighted by atomic mass is 16.5. The van der Waals surface area contributed by atoms with E-state index in [9.17, 15) is 4.79 Å². The first kappa shape index (κ1) is 13.4. The zero-order valence-corrected chi connectivity index (χ0v) is 11.7. The number of fused-ring (bicyclic) bond motifs is 1. The maximum Gasteiger partial charge on any atom is 0.220 e. The first-order chi connectivity index (χ1) is 9.74. The third-order valence-electron chi connectivity index (χ3n) is 4.28. The Bertz CT molecular complexity index is 485. The SMILES string of the molecule is NC(CNC(=O)CC1CCOc2ccccc21)C1CC1. The normalized spacial score (nSPS) is 22.6. The van der Waals surface area contributed by atoms with Crippen molar-refractivity contribution >= 4 is 5.91 Å². The van der Waals surface area contributed by atoms with Crippen LogP contribution in [0.3, 0.4) is 0 Å². The first-order valence-corrected chi connectivity index (χ1v) is 7.48. The Labute approximate surface area is 119 Å². The van der Waals surface area contributed by atoms with Gasteiger partial charge in [0.25, 0.3) is 0 Å². The molecule has 4 nitrogen and oxygen atoms in total. The molecule has 1 aliphatic carbocycles. The third kappa shape index (κ3) is 3.12. The summed E-state index contributed by atoms with van der Waals surface area (Å²) in [6.07, 6.45) is 3.85. The third-order valence-corrected chi connectivity index (χ3v) is 4.28. The van der Waals surface area contributed by atoms with Crippen LogP contribution in [0.25, 0.3) is 0 Å². The summed E-state index contributed by atoms with van der Waals surface area (Å²) in [4.78, 5) is 12.1. The fourth-order valence-corrected chi connectivity index (χ4v) is 2.85. The van der Waals surface area contributed by atoms with Gasteiger partial charge in [0.15, 0.2) is 0 Å². The van der Waals surface area contributed by atoms with Crippen molar-refractivity contribution in [3.63, 3.8) is 0 Å². The monoisotopic (exact) mass is 274 g/mol. The lowest BCUT2D eigenvalue weighted by Crippen LogP contribution is -2.39. The summed E-state index contributed by atoms with van der Waals surface area (Å²) >= 11 is 0. The predicted octanol–water partition coefficient (Wildman–Crippen LogP) is 1.80. The zero-order chi connectivity index (χ0) is 13.9. The van der Waals surface area contributed by atoms with Crippen molar-refractivity contribution in [1.29, 1.82) is 0 Å². The van der Waals surface area contributed by atoms with Gasteiger partial charge in [-0.15, -0.1) is 0 Å². The van der Waals surface area contributed by atoms with E-state index in [-0.39, 0.29) is 17.9 Å². The molecule has 1 heterocycles. The maximum atomic E-state index is 12.1. The van der Waals surface area contributed by atoms with Crippen molar-refractivity contribution in [2.45, 2.75) is 37.6 Å². The van der Waals surface area contributed by atoms with E-state index < -0.39 is 0 Å². The summed E-state index contributed by atoms with van der Waals surface area (Å²) < 4.78 is 5.62. The van der Waals surface area contributed by atoms with Gasteiger partial charge >= 0.3 is 0 Å². The lowest BCUT2D eigenvalue weighted by Gasteiger charge is -2.25. The van der Waals surface area contributed by atoms with Gasteiger partial charge in [-0.25, -0.2) is 0 Å². The van der Waals surface area contributed by atoms with Gasteiger partial charge in [0.1, 0.15) is 5.75 Å². The fraction of sp³-hybridized carbons (Fsp3) is 0.562. The number of amides is 1. The molecule has 108 valence electrons. The van der Waals surface area contributed by atoms with Crippen molar-refractivity contribution in [1.82, 2.24) is 5.32 Å². The molecule has 2 unspecified atom stereocenters. The Morgan fingerprint density at radius 1 is 1.35 bits per heavy atom. The summed E-state index contributed by atoms with van der Waals surface area (Å²) in [5.74, 6) is 1.91. The molecule has 0 spiro atoms. The van der Waals surface area contributed by atoms with E-state index in [0.717, 1.165) is 17.7 Å². The minimum atomic E-state index is 0.0998. The van der Waals surface area contributed by atoms with Gasteiger partial charge in [-0.2, -0.15) is 0 Å². The molecule has 3 N–H and O–H groups in total. The molecule has 1 aromatic carbocycles. The molecule has 1 saturated carbocycles. The largest absolute Gasteiger partial charge is 0.493 e. The number of nitrogens with two attached hydrogens (primary N) is 1. The molecular weight excluding hydrogens is 252 g/mol. The lowest BCUT2D eigenvalue weighted by molar-refractivity contribution is -0.121. The van der Waals surface area contributed by atoms with Crippen LogP contribution >= 0.6 is 0 Å². The second kappa shape index (κ2) is 5.83. The molecule has 1 aliphatic heterocycles. The number of hydrogen-bond donors (Lipinski definition) is 2. The summed E-state index contributed by atoms with van der Waals surface area (Å²) in [5, 5.41) is 2.98. The first-order valence-electron chi connectivity index (χ1n) is 7.48. The van der Waals surface area contributed by atoms with Crippen molar-refractivity contribution in [3.05, 3.63) is 29.8 Å². The van der Waals surface area contributed by atoms with Crippen LogP contribution in [0.15, 0.2) is 24.3 Å². The average Bonchev–Trinajstić information content (AvgIpc) is 3.30. The van der Waals surface area contributed by atoms with E-state index in [2.05, 4.69) is 11.4 Å². The van der Waals surface area contributed by atoms with Crippen molar-refractivity contribution in [3.8, 4) is 5.75 Å². The van der Waals surface area contributed by atoms with Crippen LogP contribution in [0.1, 0.15) is 37.2 Å². The fourth-order valence-electron chi connectivity index (χ4n) is 2.85. The number of rotatable bonds is 5. The van der Waals surface area contributed by atoms with Crippen LogP contribution in [-0.4, -0.2) is 25.1 Å². The van der Waals surface area contributed by atoms with Gasteiger partial charge in [0.2, 0.25) is 5.91 Å². The van der Waals surface area contributed by atoms with E-state index in [4.69, 9.17) is 10.5 Å². The average molecular weight is 274 g/mol. The van der Waals surface area contributed by atoms with Crippen molar-refractivity contribution in [2.75, 3.05) is 13.2 Å². The molecule has 2 aliphatic rings. The standard InChI is InChI=1S/C16H22N2O2/c17-14(11-5-6-11)10-18-16(19)9-12-7-8-20-15-4-2-1-3-13(12)15/h1-4,11-12,14H,5-10,17H2,(H,18,19). The zero-order valence-electron chi connectivity index (χ0n) is 11.7. The molecular formula is C16H22N2O2. The quantitative estimate of drug-likeness (QED) is 0.860. The molecule has 1 aromatic rings. The Balaban J connectivity index is 1.54. The van der Waals surface area contributed by atoms with Gasteiger partial charge in [0, 0.05) is 19.0 Å². The minimum absolute atomic E-state index is 0.0998. The van der Waals surface area contributed by atoms with E-state index in [1.807, 2.05) is 18.2 Å². The van der Waals surface area contributed by atoms with Crippen LogP contribution in [0.5, 0.6) is 5.75 Å². The van der Waals surface area contributed by atoms with Gasteiger partial charge in [-0.05, 0) is 42.7 Å². The Kier molecular flexibility index (Phi) is 3.92. The van der Waals surface area contributed by atoms with Crippen LogP contribution in [-0.2, 0) is 4.79 Å². The van der Waals surface area contributed by atoms with Crippen molar-refractivity contribution < 1.29 is 9.53 Å². The Morgan fingerprint density at radius 2 is 2.15 bits per heavy atom. The highest BCUT2D eigenvalue weighted by Gasteiger charge is 2.29. The van der Waals surface area contributed by atoms with Gasteiger partial charge in [-0.3, -0.25) is 4.79 Å².